The number of benzene rings is 1. The van der Waals surface area contributed by atoms with Gasteiger partial charge in [0.25, 0.3) is 0 Å². The molecule has 0 radical (unpaired) electrons. The fourth-order valence-corrected chi connectivity index (χ4v) is 3.69. The van der Waals surface area contributed by atoms with Crippen molar-refractivity contribution in [1.29, 1.82) is 0 Å². The summed E-state index contributed by atoms with van der Waals surface area (Å²) >= 11 is 1.64. The predicted octanol–water partition coefficient (Wildman–Crippen LogP) is 4.16. The number of nitrogens with one attached hydrogen (secondary N) is 1. The lowest BCUT2D eigenvalue weighted by Crippen LogP contribution is -2.49. The van der Waals surface area contributed by atoms with Crippen LogP contribution < -0.4 is 5.32 Å². The van der Waals surface area contributed by atoms with Crippen molar-refractivity contribution >= 4 is 23.3 Å². The molecule has 2 rings (SSSR count). The van der Waals surface area contributed by atoms with Crippen LogP contribution in [0.2, 0.25) is 0 Å². The smallest absolute Gasteiger partial charge is 0.318 e. The Morgan fingerprint density at radius 1 is 1.11 bits per heavy atom. The fraction of sp³-hybridized carbons (Fsp3) is 0.429. The standard InChI is InChI=1S/C21H28FN3O2S/c1-5-23-21(27)25(15(2)3)14-20(26)24(13-19-11-6-16(4)28-19)12-17-7-9-18(22)10-8-17/h6-11,15H,5,12-14H2,1-4H3,(H,23,27). The lowest BCUT2D eigenvalue weighted by atomic mass is 10.2. The minimum Gasteiger partial charge on any atom is -0.338 e. The van der Waals surface area contributed by atoms with Crippen LogP contribution in [-0.4, -0.2) is 40.9 Å². The molecule has 0 saturated heterocycles. The molecule has 0 aliphatic heterocycles. The molecular formula is C21H28FN3O2S. The van der Waals surface area contributed by atoms with Gasteiger partial charge in [0.1, 0.15) is 12.4 Å². The van der Waals surface area contributed by atoms with Crippen LogP contribution in [0.3, 0.4) is 0 Å². The average Bonchev–Trinajstić information content (AvgIpc) is 3.05. The zero-order valence-electron chi connectivity index (χ0n) is 16.9. The molecule has 0 unspecified atom stereocenters. The number of carbonyl (C=O) groups excluding carboxylic acids is 2. The first-order chi connectivity index (χ1) is 13.3. The summed E-state index contributed by atoms with van der Waals surface area (Å²) in [6, 6.07) is 9.82. The number of amides is 3. The predicted molar refractivity (Wildman–Crippen MR) is 111 cm³/mol. The SMILES string of the molecule is CCNC(=O)N(CC(=O)N(Cc1ccc(F)cc1)Cc1ccc(C)s1)C(C)C. The van der Waals surface area contributed by atoms with Crippen LogP contribution in [0.25, 0.3) is 0 Å². The monoisotopic (exact) mass is 405 g/mol. The summed E-state index contributed by atoms with van der Waals surface area (Å²) in [6.07, 6.45) is 0. The maximum absolute atomic E-state index is 13.2. The van der Waals surface area contributed by atoms with Crippen molar-refractivity contribution in [2.45, 2.75) is 46.8 Å². The number of rotatable bonds is 8. The Hall–Kier alpha value is -2.41. The molecular weight excluding hydrogens is 377 g/mol. The number of thiophene rings is 1. The summed E-state index contributed by atoms with van der Waals surface area (Å²) in [5.74, 6) is -0.451. The van der Waals surface area contributed by atoms with E-state index in [0.29, 0.717) is 19.6 Å². The normalized spacial score (nSPS) is 10.8. The molecule has 1 N–H and O–H groups in total. The van der Waals surface area contributed by atoms with Crippen molar-refractivity contribution in [3.05, 3.63) is 57.5 Å². The molecule has 7 heteroatoms. The van der Waals surface area contributed by atoms with Gasteiger partial charge in [-0.25, -0.2) is 9.18 Å². The molecule has 1 heterocycles. The lowest BCUT2D eigenvalue weighted by Gasteiger charge is -2.30. The zero-order chi connectivity index (χ0) is 20.7. The van der Waals surface area contributed by atoms with E-state index in [9.17, 15) is 14.0 Å². The van der Waals surface area contributed by atoms with Crippen molar-refractivity contribution in [2.24, 2.45) is 0 Å². The maximum Gasteiger partial charge on any atom is 0.318 e. The van der Waals surface area contributed by atoms with Gasteiger partial charge in [0.2, 0.25) is 5.91 Å². The molecule has 0 aliphatic carbocycles. The Morgan fingerprint density at radius 2 is 1.79 bits per heavy atom. The van der Waals surface area contributed by atoms with Gasteiger partial charge in [-0.05, 0) is 57.5 Å². The van der Waals surface area contributed by atoms with Crippen molar-refractivity contribution < 1.29 is 14.0 Å². The van der Waals surface area contributed by atoms with Crippen LogP contribution in [0.1, 0.15) is 36.1 Å². The number of nitrogens with zero attached hydrogens (tertiary/aromatic N) is 2. The van der Waals surface area contributed by atoms with Gasteiger partial charge in [0.05, 0.1) is 6.54 Å². The van der Waals surface area contributed by atoms with Crippen molar-refractivity contribution in [3.63, 3.8) is 0 Å². The number of aryl methyl sites for hydroxylation is 1. The molecule has 0 bridgehead atoms. The third kappa shape index (κ3) is 6.34. The highest BCUT2D eigenvalue weighted by Gasteiger charge is 2.23. The van der Waals surface area contributed by atoms with Gasteiger partial charge >= 0.3 is 6.03 Å². The van der Waals surface area contributed by atoms with E-state index in [1.54, 1.807) is 28.4 Å². The van der Waals surface area contributed by atoms with Crippen LogP contribution in [0.5, 0.6) is 0 Å². The summed E-state index contributed by atoms with van der Waals surface area (Å²) in [5.41, 5.74) is 0.845. The van der Waals surface area contributed by atoms with Crippen LogP contribution >= 0.6 is 11.3 Å². The van der Waals surface area contributed by atoms with Crippen LogP contribution in [0.15, 0.2) is 36.4 Å². The third-order valence-corrected chi connectivity index (χ3v) is 5.29. The highest BCUT2D eigenvalue weighted by atomic mass is 32.1. The molecule has 28 heavy (non-hydrogen) atoms. The molecule has 1 aromatic heterocycles. The van der Waals surface area contributed by atoms with Crippen molar-refractivity contribution in [2.75, 3.05) is 13.1 Å². The molecule has 0 aliphatic rings. The van der Waals surface area contributed by atoms with E-state index in [-0.39, 0.29) is 30.3 Å². The molecule has 3 amide bonds. The second-order valence-electron chi connectivity index (χ2n) is 6.95. The maximum atomic E-state index is 13.2. The van der Waals surface area contributed by atoms with Crippen LogP contribution in [-0.2, 0) is 17.9 Å². The Morgan fingerprint density at radius 3 is 2.32 bits per heavy atom. The van der Waals surface area contributed by atoms with Gasteiger partial charge in [0.15, 0.2) is 0 Å². The second kappa shape index (κ2) is 10.2. The average molecular weight is 406 g/mol. The summed E-state index contributed by atoms with van der Waals surface area (Å²) in [6.45, 7) is 8.95. The van der Waals surface area contributed by atoms with Crippen molar-refractivity contribution in [1.82, 2.24) is 15.1 Å². The topological polar surface area (TPSA) is 52.7 Å². The molecule has 5 nitrogen and oxygen atoms in total. The molecule has 0 spiro atoms. The summed E-state index contributed by atoms with van der Waals surface area (Å²) < 4.78 is 13.2. The zero-order valence-corrected chi connectivity index (χ0v) is 17.7. The Bertz CT molecular complexity index is 789. The fourth-order valence-electron chi connectivity index (χ4n) is 2.79. The number of hydrogen-bond donors (Lipinski definition) is 1. The summed E-state index contributed by atoms with van der Waals surface area (Å²) in [5, 5.41) is 2.76. The highest BCUT2D eigenvalue weighted by molar-refractivity contribution is 7.11. The van der Waals surface area contributed by atoms with Gasteiger partial charge in [0, 0.05) is 28.9 Å². The largest absolute Gasteiger partial charge is 0.338 e. The van der Waals surface area contributed by atoms with Crippen molar-refractivity contribution in [3.8, 4) is 0 Å². The number of urea groups is 1. The first kappa shape index (κ1) is 21.9. The van der Waals surface area contributed by atoms with E-state index in [4.69, 9.17) is 0 Å². The summed E-state index contributed by atoms with van der Waals surface area (Å²) in [4.78, 5) is 30.9. The van der Waals surface area contributed by atoms with E-state index in [1.807, 2.05) is 39.8 Å². The van der Waals surface area contributed by atoms with E-state index in [2.05, 4.69) is 5.32 Å². The minimum absolute atomic E-state index is 0.00491. The first-order valence-electron chi connectivity index (χ1n) is 9.42. The Kier molecular flexibility index (Phi) is 7.99. The molecule has 0 saturated carbocycles. The van der Waals surface area contributed by atoms with Gasteiger partial charge in [-0.1, -0.05) is 12.1 Å². The summed E-state index contributed by atoms with van der Waals surface area (Å²) in [7, 11) is 0. The number of carbonyl (C=O) groups is 2. The molecule has 1 aromatic carbocycles. The van der Waals surface area contributed by atoms with E-state index >= 15 is 0 Å². The quantitative estimate of drug-likeness (QED) is 0.717. The highest BCUT2D eigenvalue weighted by Crippen LogP contribution is 2.19. The van der Waals surface area contributed by atoms with E-state index < -0.39 is 0 Å². The second-order valence-corrected chi connectivity index (χ2v) is 8.32. The lowest BCUT2D eigenvalue weighted by molar-refractivity contribution is -0.133. The number of halogens is 1. The van der Waals surface area contributed by atoms with Crippen LogP contribution in [0.4, 0.5) is 9.18 Å². The van der Waals surface area contributed by atoms with E-state index in [0.717, 1.165) is 10.4 Å². The number of hydrogen-bond acceptors (Lipinski definition) is 3. The molecule has 0 fully saturated rings. The molecule has 2 aromatic rings. The Labute approximate surface area is 170 Å². The van der Waals surface area contributed by atoms with E-state index in [1.165, 1.54) is 21.9 Å². The van der Waals surface area contributed by atoms with Gasteiger partial charge in [-0.15, -0.1) is 11.3 Å². The van der Waals surface area contributed by atoms with Gasteiger partial charge in [-0.3, -0.25) is 4.79 Å². The Balaban J connectivity index is 2.19. The minimum atomic E-state index is -0.308. The van der Waals surface area contributed by atoms with Crippen LogP contribution in [0, 0.1) is 12.7 Å². The van der Waals surface area contributed by atoms with Gasteiger partial charge < -0.3 is 15.1 Å². The molecule has 0 atom stereocenters. The molecule has 152 valence electrons. The first-order valence-corrected chi connectivity index (χ1v) is 10.2. The third-order valence-electron chi connectivity index (χ3n) is 4.30. The van der Waals surface area contributed by atoms with Gasteiger partial charge in [-0.2, -0.15) is 0 Å².